The van der Waals surface area contributed by atoms with Gasteiger partial charge in [0, 0.05) is 17.4 Å². The maximum Gasteiger partial charge on any atom is 0.282 e. The highest BCUT2D eigenvalue weighted by Gasteiger charge is 2.15. The van der Waals surface area contributed by atoms with Gasteiger partial charge >= 0.3 is 0 Å². The third-order valence-corrected chi connectivity index (χ3v) is 4.43. The normalized spacial score (nSPS) is 10.7. The fourth-order valence-electron chi connectivity index (χ4n) is 3.08. The molecule has 4 rings (SSSR count). The van der Waals surface area contributed by atoms with Gasteiger partial charge in [0.1, 0.15) is 0 Å². The second-order valence-corrected chi connectivity index (χ2v) is 6.17. The third kappa shape index (κ3) is 2.81. The van der Waals surface area contributed by atoms with Gasteiger partial charge in [-0.2, -0.15) is 14.9 Å². The molecule has 0 atom stereocenters. The van der Waals surface area contributed by atoms with Crippen molar-refractivity contribution in [2.24, 2.45) is 0 Å². The molecule has 0 unspecified atom stereocenters. The van der Waals surface area contributed by atoms with Crippen LogP contribution in [-0.4, -0.2) is 14.6 Å². The van der Waals surface area contributed by atoms with E-state index in [1.54, 1.807) is 42.6 Å². The molecule has 2 aromatic heterocycles. The summed E-state index contributed by atoms with van der Waals surface area (Å²) in [5.41, 5.74) is 10.7. The van der Waals surface area contributed by atoms with Crippen LogP contribution in [0.25, 0.3) is 27.9 Å². The van der Waals surface area contributed by atoms with Gasteiger partial charge in [0.05, 0.1) is 22.9 Å². The number of nitriles is 1. The van der Waals surface area contributed by atoms with Crippen LogP contribution >= 0.6 is 0 Å². The van der Waals surface area contributed by atoms with E-state index in [0.29, 0.717) is 28.2 Å². The zero-order valence-corrected chi connectivity index (χ0v) is 14.5. The lowest BCUT2D eigenvalue weighted by atomic mass is 10.0. The molecule has 0 radical (unpaired) electrons. The summed E-state index contributed by atoms with van der Waals surface area (Å²) in [4.78, 5) is 17.8. The van der Waals surface area contributed by atoms with Crippen molar-refractivity contribution < 1.29 is 0 Å². The Balaban J connectivity index is 1.96. The smallest absolute Gasteiger partial charge is 0.282 e. The van der Waals surface area contributed by atoms with Crippen LogP contribution in [0.3, 0.4) is 0 Å². The zero-order chi connectivity index (χ0) is 19.0. The van der Waals surface area contributed by atoms with Crippen molar-refractivity contribution in [3.05, 3.63) is 82.4 Å². The number of rotatable bonds is 2. The maximum absolute atomic E-state index is 13.1. The minimum atomic E-state index is -0.238. The second-order valence-electron chi connectivity index (χ2n) is 6.17. The predicted octanol–water partition coefficient (Wildman–Crippen LogP) is 3.19. The van der Waals surface area contributed by atoms with Gasteiger partial charge in [-0.15, -0.1) is 0 Å². The van der Waals surface area contributed by atoms with Gasteiger partial charge < -0.3 is 5.73 Å². The van der Waals surface area contributed by atoms with Gasteiger partial charge in [0.15, 0.2) is 5.65 Å². The second kappa shape index (κ2) is 6.39. The molecule has 4 aromatic rings. The number of hydrogen-bond donors (Lipinski definition) is 1. The first-order valence-corrected chi connectivity index (χ1v) is 8.33. The highest BCUT2D eigenvalue weighted by atomic mass is 16.1. The van der Waals surface area contributed by atoms with E-state index in [2.05, 4.69) is 16.2 Å². The molecule has 6 heteroatoms. The molecular weight excluding hydrogens is 338 g/mol. The fourth-order valence-corrected chi connectivity index (χ4v) is 3.08. The van der Waals surface area contributed by atoms with E-state index in [0.717, 1.165) is 16.7 Å². The van der Waals surface area contributed by atoms with Crippen molar-refractivity contribution in [2.45, 2.75) is 6.92 Å². The first-order chi connectivity index (χ1) is 13.1. The van der Waals surface area contributed by atoms with Crippen molar-refractivity contribution in [2.75, 3.05) is 5.73 Å². The van der Waals surface area contributed by atoms with Gasteiger partial charge in [0.25, 0.3) is 5.56 Å². The van der Waals surface area contributed by atoms with Crippen molar-refractivity contribution in [1.29, 1.82) is 5.26 Å². The largest absolute Gasteiger partial charge is 0.399 e. The monoisotopic (exact) mass is 353 g/mol. The van der Waals surface area contributed by atoms with Crippen molar-refractivity contribution in [1.82, 2.24) is 14.6 Å². The molecule has 130 valence electrons. The van der Waals surface area contributed by atoms with Gasteiger partial charge in [-0.05, 0) is 48.4 Å². The molecule has 0 fully saturated rings. The summed E-state index contributed by atoms with van der Waals surface area (Å²) in [7, 11) is 0. The Morgan fingerprint density at radius 1 is 1.00 bits per heavy atom. The molecule has 2 heterocycles. The van der Waals surface area contributed by atoms with Crippen molar-refractivity contribution in [3.8, 4) is 28.3 Å². The Kier molecular flexibility index (Phi) is 3.90. The lowest BCUT2D eigenvalue weighted by Crippen LogP contribution is -2.21. The maximum atomic E-state index is 13.1. The van der Waals surface area contributed by atoms with E-state index in [1.807, 2.05) is 25.1 Å². The van der Waals surface area contributed by atoms with Crippen LogP contribution < -0.4 is 11.3 Å². The van der Waals surface area contributed by atoms with Crippen LogP contribution in [0.4, 0.5) is 5.69 Å². The Labute approximate surface area is 155 Å². The summed E-state index contributed by atoms with van der Waals surface area (Å²) < 4.78 is 1.31. The molecule has 0 aliphatic rings. The average Bonchev–Trinajstić information content (AvgIpc) is 2.69. The van der Waals surface area contributed by atoms with E-state index < -0.39 is 0 Å². The molecule has 0 aliphatic carbocycles. The minimum absolute atomic E-state index is 0.238. The number of aryl methyl sites for hydroxylation is 1. The van der Waals surface area contributed by atoms with Gasteiger partial charge in [-0.3, -0.25) is 4.79 Å². The number of aromatic nitrogens is 3. The Morgan fingerprint density at radius 2 is 1.67 bits per heavy atom. The van der Waals surface area contributed by atoms with Crippen LogP contribution in [0.5, 0.6) is 0 Å². The van der Waals surface area contributed by atoms with Gasteiger partial charge in [0.2, 0.25) is 0 Å². The first kappa shape index (κ1) is 16.5. The minimum Gasteiger partial charge on any atom is -0.399 e. The Hall–Kier alpha value is -3.98. The van der Waals surface area contributed by atoms with Crippen LogP contribution in [0.1, 0.15) is 11.3 Å². The van der Waals surface area contributed by atoms with E-state index in [4.69, 9.17) is 11.0 Å². The van der Waals surface area contributed by atoms with Crippen LogP contribution in [0.15, 0.2) is 65.6 Å². The Bertz CT molecular complexity index is 1250. The average molecular weight is 353 g/mol. The van der Waals surface area contributed by atoms with Gasteiger partial charge in [-0.1, -0.05) is 24.3 Å². The highest BCUT2D eigenvalue weighted by molar-refractivity contribution is 5.78. The third-order valence-electron chi connectivity index (χ3n) is 4.43. The highest BCUT2D eigenvalue weighted by Crippen LogP contribution is 2.25. The summed E-state index contributed by atoms with van der Waals surface area (Å²) in [6.45, 7) is 1.81. The van der Waals surface area contributed by atoms with Crippen molar-refractivity contribution in [3.63, 3.8) is 0 Å². The summed E-state index contributed by atoms with van der Waals surface area (Å²) >= 11 is 0. The SMILES string of the molecule is Cc1nc2c(-c3ccc(C#N)cc3)ccnn2c(=O)c1-c1ccc(N)cc1. The number of hydrogen-bond acceptors (Lipinski definition) is 5. The molecule has 0 saturated heterocycles. The summed E-state index contributed by atoms with van der Waals surface area (Å²) in [6, 6.07) is 18.2. The number of fused-ring (bicyclic) bond motifs is 1. The molecule has 0 saturated carbocycles. The molecule has 0 spiro atoms. The molecular formula is C21H15N5O. The number of nitrogens with two attached hydrogens (primary N) is 1. The standard InChI is InChI=1S/C21H15N5O/c1-13-19(16-6-8-17(23)9-7-16)21(27)26-20(25-13)18(10-11-24-26)15-4-2-14(12-22)3-5-15/h2-11H,23H2,1H3. The molecule has 0 bridgehead atoms. The zero-order valence-electron chi connectivity index (χ0n) is 14.5. The van der Waals surface area contributed by atoms with E-state index >= 15 is 0 Å². The first-order valence-electron chi connectivity index (χ1n) is 8.33. The topological polar surface area (TPSA) is 97.1 Å². The number of benzene rings is 2. The van der Waals surface area contributed by atoms with E-state index in [1.165, 1.54) is 4.52 Å². The molecule has 2 aromatic carbocycles. The Morgan fingerprint density at radius 3 is 2.33 bits per heavy atom. The van der Waals surface area contributed by atoms with E-state index in [9.17, 15) is 4.79 Å². The van der Waals surface area contributed by atoms with Gasteiger partial charge in [-0.25, -0.2) is 4.98 Å². The molecule has 0 aliphatic heterocycles. The van der Waals surface area contributed by atoms with Crippen LogP contribution in [0.2, 0.25) is 0 Å². The number of anilines is 1. The van der Waals surface area contributed by atoms with E-state index in [-0.39, 0.29) is 5.56 Å². The lowest BCUT2D eigenvalue weighted by molar-refractivity contribution is 0.862. The molecule has 0 amide bonds. The summed E-state index contributed by atoms with van der Waals surface area (Å²) in [5, 5.41) is 13.2. The van der Waals surface area contributed by atoms with Crippen molar-refractivity contribution >= 4 is 11.3 Å². The summed E-state index contributed by atoms with van der Waals surface area (Å²) in [5.74, 6) is 0. The number of nitrogens with zero attached hydrogens (tertiary/aromatic N) is 4. The fraction of sp³-hybridized carbons (Fsp3) is 0.0476. The molecule has 27 heavy (non-hydrogen) atoms. The summed E-state index contributed by atoms with van der Waals surface area (Å²) in [6.07, 6.45) is 1.58. The number of nitrogen functional groups attached to an aromatic ring is 1. The molecule has 2 N–H and O–H groups in total. The quantitative estimate of drug-likeness (QED) is 0.558. The van der Waals surface area contributed by atoms with Crippen LogP contribution in [-0.2, 0) is 0 Å². The van der Waals surface area contributed by atoms with Crippen LogP contribution in [0, 0.1) is 18.3 Å². The lowest BCUT2D eigenvalue weighted by Gasteiger charge is -2.11. The predicted molar refractivity (Wildman–Crippen MR) is 104 cm³/mol. The molecule has 6 nitrogen and oxygen atoms in total.